The van der Waals surface area contributed by atoms with Crippen molar-refractivity contribution >= 4 is 17.3 Å². The number of benzene rings is 1. The Morgan fingerprint density at radius 3 is 1.93 bits per heavy atom. The molecule has 0 aliphatic carbocycles. The summed E-state index contributed by atoms with van der Waals surface area (Å²) in [5.41, 5.74) is 1.55. The van der Waals surface area contributed by atoms with Gasteiger partial charge in [-0.1, -0.05) is 0 Å². The van der Waals surface area contributed by atoms with Crippen molar-refractivity contribution in [3.8, 4) is 5.75 Å². The lowest BCUT2D eigenvalue weighted by atomic mass is 10.2. The van der Waals surface area contributed by atoms with E-state index < -0.39 is 0 Å². The van der Waals surface area contributed by atoms with E-state index in [1.165, 1.54) is 6.92 Å². The highest BCUT2D eigenvalue weighted by molar-refractivity contribution is 5.89. The Morgan fingerprint density at radius 2 is 1.40 bits per heavy atom. The van der Waals surface area contributed by atoms with Crippen LogP contribution in [0.15, 0.2) is 18.2 Å². The number of methoxy groups -OCH3 is 3. The predicted octanol–water partition coefficient (Wildman–Crippen LogP) is 1.80. The summed E-state index contributed by atoms with van der Waals surface area (Å²) in [5, 5.41) is 2.82. The first-order chi connectivity index (χ1) is 14.6. The molecule has 0 bridgehead atoms. The molecule has 30 heavy (non-hydrogen) atoms. The Hall–Kier alpha value is -1.91. The molecule has 0 atom stereocenters. The van der Waals surface area contributed by atoms with Gasteiger partial charge in [0.2, 0.25) is 5.91 Å². The summed E-state index contributed by atoms with van der Waals surface area (Å²) in [6.07, 6.45) is 0. The van der Waals surface area contributed by atoms with Crippen molar-refractivity contribution in [2.75, 3.05) is 97.5 Å². The van der Waals surface area contributed by atoms with Crippen LogP contribution in [-0.2, 0) is 28.5 Å². The minimum Gasteiger partial charge on any atom is -0.489 e. The topological polar surface area (TPSA) is 87.7 Å². The molecule has 1 aromatic carbocycles. The van der Waals surface area contributed by atoms with Crippen LogP contribution in [0.2, 0.25) is 0 Å². The summed E-state index contributed by atoms with van der Waals surface area (Å²) in [6.45, 7) is 6.81. The fourth-order valence-electron chi connectivity index (χ4n) is 2.59. The van der Waals surface area contributed by atoms with Crippen LogP contribution in [0, 0.1) is 0 Å². The first-order valence-corrected chi connectivity index (χ1v) is 10.0. The second kappa shape index (κ2) is 16.8. The van der Waals surface area contributed by atoms with Crippen molar-refractivity contribution in [3.63, 3.8) is 0 Å². The van der Waals surface area contributed by atoms with Gasteiger partial charge in [0.15, 0.2) is 0 Å². The molecular formula is C21H36N2O7. The van der Waals surface area contributed by atoms with E-state index in [1.54, 1.807) is 21.3 Å². The van der Waals surface area contributed by atoms with Crippen LogP contribution >= 0.6 is 0 Å². The first-order valence-electron chi connectivity index (χ1n) is 10.0. The largest absolute Gasteiger partial charge is 0.489 e. The van der Waals surface area contributed by atoms with Crippen LogP contribution in [0.4, 0.5) is 11.4 Å². The highest BCUT2D eigenvalue weighted by Crippen LogP contribution is 2.31. The number of rotatable bonds is 18. The number of ether oxygens (including phenoxy) is 6. The van der Waals surface area contributed by atoms with Gasteiger partial charge in [-0.15, -0.1) is 0 Å². The lowest BCUT2D eigenvalue weighted by molar-refractivity contribution is -0.114. The molecule has 0 aliphatic heterocycles. The molecule has 9 heteroatoms. The van der Waals surface area contributed by atoms with E-state index in [-0.39, 0.29) is 5.91 Å². The first kappa shape index (κ1) is 26.1. The quantitative estimate of drug-likeness (QED) is 0.354. The van der Waals surface area contributed by atoms with Crippen LogP contribution in [0.3, 0.4) is 0 Å². The summed E-state index contributed by atoms with van der Waals surface area (Å²) in [6, 6.07) is 5.56. The summed E-state index contributed by atoms with van der Waals surface area (Å²) < 4.78 is 32.3. The number of anilines is 2. The maximum absolute atomic E-state index is 11.5. The molecule has 0 saturated carbocycles. The molecule has 0 aliphatic rings. The lowest BCUT2D eigenvalue weighted by Gasteiger charge is -2.27. The summed E-state index contributed by atoms with van der Waals surface area (Å²) >= 11 is 0. The predicted molar refractivity (Wildman–Crippen MR) is 116 cm³/mol. The second-order valence-corrected chi connectivity index (χ2v) is 6.40. The fraction of sp³-hybridized carbons (Fsp3) is 0.667. The van der Waals surface area contributed by atoms with E-state index in [9.17, 15) is 4.79 Å². The van der Waals surface area contributed by atoms with Gasteiger partial charge >= 0.3 is 0 Å². The number of carbonyl (C=O) groups excluding carboxylic acids is 1. The molecule has 0 radical (unpaired) electrons. The second-order valence-electron chi connectivity index (χ2n) is 6.40. The zero-order valence-corrected chi connectivity index (χ0v) is 18.6. The average molecular weight is 429 g/mol. The summed E-state index contributed by atoms with van der Waals surface area (Å²) in [4.78, 5) is 13.6. The molecule has 0 saturated heterocycles. The number of hydrogen-bond donors (Lipinski definition) is 1. The van der Waals surface area contributed by atoms with E-state index in [2.05, 4.69) is 10.2 Å². The highest BCUT2D eigenvalue weighted by atomic mass is 16.5. The van der Waals surface area contributed by atoms with E-state index >= 15 is 0 Å². The van der Waals surface area contributed by atoms with Gasteiger partial charge in [0.05, 0.1) is 51.9 Å². The van der Waals surface area contributed by atoms with Crippen molar-refractivity contribution < 1.29 is 33.2 Å². The molecule has 172 valence electrons. The molecule has 1 N–H and O–H groups in total. The summed E-state index contributed by atoms with van der Waals surface area (Å²) in [5.74, 6) is 0.571. The zero-order chi connectivity index (χ0) is 22.0. The normalized spacial score (nSPS) is 10.8. The van der Waals surface area contributed by atoms with Gasteiger partial charge in [0.25, 0.3) is 0 Å². The van der Waals surface area contributed by atoms with Crippen LogP contribution in [0.25, 0.3) is 0 Å². The average Bonchev–Trinajstić information content (AvgIpc) is 2.72. The van der Waals surface area contributed by atoms with Crippen molar-refractivity contribution in [3.05, 3.63) is 18.2 Å². The van der Waals surface area contributed by atoms with Gasteiger partial charge in [-0.3, -0.25) is 4.79 Å². The van der Waals surface area contributed by atoms with Crippen LogP contribution < -0.4 is 15.0 Å². The molecule has 0 fully saturated rings. The fourth-order valence-corrected chi connectivity index (χ4v) is 2.59. The summed E-state index contributed by atoms with van der Waals surface area (Å²) in [7, 11) is 4.92. The van der Waals surface area contributed by atoms with Gasteiger partial charge < -0.3 is 38.6 Å². The minimum absolute atomic E-state index is 0.133. The standard InChI is InChI=1S/C21H36N2O7/c1-18(24)22-19-5-6-21(30-16-13-27-4)20(17-19)23(7-9-28-14-11-25-2)8-10-29-15-12-26-3/h5-6,17H,7-16H2,1-4H3,(H,22,24). The molecule has 0 spiro atoms. The lowest BCUT2D eigenvalue weighted by Crippen LogP contribution is -2.32. The number of carbonyl (C=O) groups is 1. The number of amides is 1. The van der Waals surface area contributed by atoms with Gasteiger partial charge in [-0.25, -0.2) is 0 Å². The third kappa shape index (κ3) is 11.3. The van der Waals surface area contributed by atoms with Gasteiger partial charge in [0, 0.05) is 47.0 Å². The maximum atomic E-state index is 11.5. The van der Waals surface area contributed by atoms with Crippen molar-refractivity contribution in [1.82, 2.24) is 0 Å². The monoisotopic (exact) mass is 428 g/mol. The van der Waals surface area contributed by atoms with E-state index in [4.69, 9.17) is 28.4 Å². The van der Waals surface area contributed by atoms with Crippen molar-refractivity contribution in [2.24, 2.45) is 0 Å². The molecule has 0 unspecified atom stereocenters. The third-order valence-electron chi connectivity index (χ3n) is 4.04. The Labute approximate surface area is 179 Å². The Kier molecular flexibility index (Phi) is 14.7. The maximum Gasteiger partial charge on any atom is 0.221 e. The number of hydrogen-bond acceptors (Lipinski definition) is 8. The van der Waals surface area contributed by atoms with Gasteiger partial charge in [-0.05, 0) is 18.2 Å². The Bertz CT molecular complexity index is 572. The molecular weight excluding hydrogens is 392 g/mol. The third-order valence-corrected chi connectivity index (χ3v) is 4.04. The molecule has 1 amide bonds. The Balaban J connectivity index is 2.93. The molecule has 1 aromatic rings. The van der Waals surface area contributed by atoms with Crippen molar-refractivity contribution in [2.45, 2.75) is 6.92 Å². The molecule has 9 nitrogen and oxygen atoms in total. The van der Waals surface area contributed by atoms with E-state index in [1.807, 2.05) is 18.2 Å². The molecule has 0 heterocycles. The smallest absolute Gasteiger partial charge is 0.221 e. The van der Waals surface area contributed by atoms with E-state index in [0.29, 0.717) is 77.4 Å². The van der Waals surface area contributed by atoms with Crippen molar-refractivity contribution in [1.29, 1.82) is 0 Å². The molecule has 0 aromatic heterocycles. The van der Waals surface area contributed by atoms with E-state index in [0.717, 1.165) is 5.69 Å². The number of nitrogens with zero attached hydrogens (tertiary/aromatic N) is 1. The number of nitrogens with one attached hydrogen (secondary N) is 1. The Morgan fingerprint density at radius 1 is 0.833 bits per heavy atom. The SMILES string of the molecule is COCCOCCN(CCOCCOC)c1cc(NC(C)=O)ccc1OCCOC. The minimum atomic E-state index is -0.133. The highest BCUT2D eigenvalue weighted by Gasteiger charge is 2.15. The van der Waals surface area contributed by atoms with Crippen LogP contribution in [-0.4, -0.2) is 93.2 Å². The van der Waals surface area contributed by atoms with Gasteiger partial charge in [0.1, 0.15) is 12.4 Å². The zero-order valence-electron chi connectivity index (χ0n) is 18.6. The van der Waals surface area contributed by atoms with Crippen LogP contribution in [0.1, 0.15) is 6.92 Å². The molecule has 1 rings (SSSR count). The van der Waals surface area contributed by atoms with Crippen LogP contribution in [0.5, 0.6) is 5.75 Å². The van der Waals surface area contributed by atoms with Gasteiger partial charge in [-0.2, -0.15) is 0 Å².